The van der Waals surface area contributed by atoms with Gasteiger partial charge in [-0.1, -0.05) is 23.7 Å². The molecule has 0 spiro atoms. The van der Waals surface area contributed by atoms with Crippen LogP contribution in [0.3, 0.4) is 0 Å². The minimum absolute atomic E-state index is 0.177. The molecule has 1 aromatic carbocycles. The van der Waals surface area contributed by atoms with Crippen molar-refractivity contribution in [2.75, 3.05) is 7.11 Å². The SMILES string of the molecule is COC(C)(C)CC(Cc1ccc(Cl)cc1)NN. The molecule has 1 atom stereocenters. The minimum atomic E-state index is -0.177. The lowest BCUT2D eigenvalue weighted by Crippen LogP contribution is -2.42. The Kier molecular flexibility index (Phi) is 5.40. The van der Waals surface area contributed by atoms with Gasteiger partial charge in [0.05, 0.1) is 5.60 Å². The highest BCUT2D eigenvalue weighted by Crippen LogP contribution is 2.18. The van der Waals surface area contributed by atoms with Crippen LogP contribution in [0.4, 0.5) is 0 Å². The first-order valence-electron chi connectivity index (χ1n) is 5.72. The van der Waals surface area contributed by atoms with E-state index in [1.54, 1.807) is 7.11 Å². The van der Waals surface area contributed by atoms with E-state index in [0.717, 1.165) is 17.9 Å². The lowest BCUT2D eigenvalue weighted by Gasteiger charge is -2.28. The van der Waals surface area contributed by atoms with Crippen molar-refractivity contribution in [3.63, 3.8) is 0 Å². The van der Waals surface area contributed by atoms with Crippen LogP contribution in [0.1, 0.15) is 25.8 Å². The summed E-state index contributed by atoms with van der Waals surface area (Å²) in [5.74, 6) is 5.58. The van der Waals surface area contributed by atoms with Crippen LogP contribution in [0.15, 0.2) is 24.3 Å². The minimum Gasteiger partial charge on any atom is -0.379 e. The van der Waals surface area contributed by atoms with E-state index in [1.165, 1.54) is 5.56 Å². The van der Waals surface area contributed by atoms with E-state index < -0.39 is 0 Å². The molecule has 0 saturated carbocycles. The number of rotatable bonds is 6. The molecule has 0 aliphatic carbocycles. The molecule has 0 amide bonds. The number of ether oxygens (including phenoxy) is 1. The number of nitrogens with one attached hydrogen (secondary N) is 1. The maximum atomic E-state index is 5.85. The number of benzene rings is 1. The maximum absolute atomic E-state index is 5.85. The number of methoxy groups -OCH3 is 1. The van der Waals surface area contributed by atoms with E-state index in [9.17, 15) is 0 Å². The molecule has 96 valence electrons. The van der Waals surface area contributed by atoms with Crippen molar-refractivity contribution >= 4 is 11.6 Å². The second-order valence-electron chi connectivity index (χ2n) is 4.86. The molecule has 0 bridgehead atoms. The van der Waals surface area contributed by atoms with Crippen LogP contribution in [-0.4, -0.2) is 18.8 Å². The smallest absolute Gasteiger partial charge is 0.0638 e. The van der Waals surface area contributed by atoms with Crippen molar-refractivity contribution in [3.05, 3.63) is 34.9 Å². The van der Waals surface area contributed by atoms with Gasteiger partial charge < -0.3 is 4.74 Å². The van der Waals surface area contributed by atoms with Gasteiger partial charge in [-0.2, -0.15) is 0 Å². The summed E-state index contributed by atoms with van der Waals surface area (Å²) in [6.07, 6.45) is 1.71. The van der Waals surface area contributed by atoms with Crippen LogP contribution in [-0.2, 0) is 11.2 Å². The van der Waals surface area contributed by atoms with Gasteiger partial charge in [0.25, 0.3) is 0 Å². The van der Waals surface area contributed by atoms with Gasteiger partial charge in [-0.15, -0.1) is 0 Å². The molecule has 1 aromatic rings. The summed E-state index contributed by atoms with van der Waals surface area (Å²) in [7, 11) is 1.72. The van der Waals surface area contributed by atoms with Crippen molar-refractivity contribution in [2.45, 2.75) is 38.3 Å². The van der Waals surface area contributed by atoms with Crippen molar-refractivity contribution in [2.24, 2.45) is 5.84 Å². The summed E-state index contributed by atoms with van der Waals surface area (Å²) < 4.78 is 5.41. The van der Waals surface area contributed by atoms with Crippen molar-refractivity contribution in [1.82, 2.24) is 5.43 Å². The van der Waals surface area contributed by atoms with E-state index in [1.807, 2.05) is 24.3 Å². The zero-order valence-corrected chi connectivity index (χ0v) is 11.4. The van der Waals surface area contributed by atoms with Gasteiger partial charge in [-0.25, -0.2) is 0 Å². The Hall–Kier alpha value is -0.610. The molecule has 0 aromatic heterocycles. The predicted octanol–water partition coefficient (Wildman–Crippen LogP) is 2.53. The number of hydrogen-bond acceptors (Lipinski definition) is 3. The second-order valence-corrected chi connectivity index (χ2v) is 5.30. The molecule has 3 nitrogen and oxygen atoms in total. The van der Waals surface area contributed by atoms with Crippen LogP contribution in [0, 0.1) is 0 Å². The van der Waals surface area contributed by atoms with Gasteiger partial charge in [0, 0.05) is 18.2 Å². The topological polar surface area (TPSA) is 47.3 Å². The van der Waals surface area contributed by atoms with Gasteiger partial charge in [0.15, 0.2) is 0 Å². The van der Waals surface area contributed by atoms with Crippen LogP contribution in [0.25, 0.3) is 0 Å². The van der Waals surface area contributed by atoms with Crippen LogP contribution in [0.5, 0.6) is 0 Å². The Labute approximate surface area is 108 Å². The Morgan fingerprint density at radius 3 is 2.41 bits per heavy atom. The first-order valence-corrected chi connectivity index (χ1v) is 6.10. The van der Waals surface area contributed by atoms with Gasteiger partial charge in [-0.3, -0.25) is 11.3 Å². The Bertz CT molecular complexity index is 338. The third kappa shape index (κ3) is 5.04. The molecule has 1 rings (SSSR count). The normalized spacial score (nSPS) is 13.7. The average molecular weight is 257 g/mol. The summed E-state index contributed by atoms with van der Waals surface area (Å²) >= 11 is 5.85. The molecule has 0 saturated heterocycles. The van der Waals surface area contributed by atoms with Crippen LogP contribution in [0.2, 0.25) is 5.02 Å². The van der Waals surface area contributed by atoms with Crippen molar-refractivity contribution < 1.29 is 4.74 Å². The highest BCUT2D eigenvalue weighted by molar-refractivity contribution is 6.30. The Balaban J connectivity index is 2.61. The van der Waals surface area contributed by atoms with E-state index >= 15 is 0 Å². The lowest BCUT2D eigenvalue weighted by molar-refractivity contribution is 0.00711. The van der Waals surface area contributed by atoms with E-state index in [4.69, 9.17) is 22.2 Å². The molecular weight excluding hydrogens is 236 g/mol. The fourth-order valence-electron chi connectivity index (χ4n) is 1.77. The third-order valence-corrected chi connectivity index (χ3v) is 3.17. The molecule has 17 heavy (non-hydrogen) atoms. The highest BCUT2D eigenvalue weighted by Gasteiger charge is 2.22. The monoisotopic (exact) mass is 256 g/mol. The van der Waals surface area contributed by atoms with E-state index in [0.29, 0.717) is 0 Å². The first kappa shape index (κ1) is 14.5. The molecule has 1 unspecified atom stereocenters. The Morgan fingerprint density at radius 1 is 1.35 bits per heavy atom. The van der Waals surface area contributed by atoms with Crippen molar-refractivity contribution in [3.8, 4) is 0 Å². The fraction of sp³-hybridized carbons (Fsp3) is 0.538. The quantitative estimate of drug-likeness (QED) is 0.607. The highest BCUT2D eigenvalue weighted by atomic mass is 35.5. The van der Waals surface area contributed by atoms with E-state index in [-0.39, 0.29) is 11.6 Å². The summed E-state index contributed by atoms with van der Waals surface area (Å²) in [5.41, 5.74) is 3.88. The lowest BCUT2D eigenvalue weighted by atomic mass is 9.94. The average Bonchev–Trinajstić information content (AvgIpc) is 2.31. The van der Waals surface area contributed by atoms with Crippen molar-refractivity contribution in [1.29, 1.82) is 0 Å². The number of hydrazine groups is 1. The molecule has 4 heteroatoms. The number of hydrogen-bond donors (Lipinski definition) is 2. The van der Waals surface area contributed by atoms with E-state index in [2.05, 4.69) is 19.3 Å². The zero-order chi connectivity index (χ0) is 12.9. The zero-order valence-electron chi connectivity index (χ0n) is 10.7. The molecule has 3 N–H and O–H groups in total. The van der Waals surface area contributed by atoms with Gasteiger partial charge in [0.2, 0.25) is 0 Å². The number of nitrogens with two attached hydrogens (primary N) is 1. The molecule has 0 heterocycles. The van der Waals surface area contributed by atoms with Crippen LogP contribution >= 0.6 is 11.6 Å². The molecule has 0 aliphatic heterocycles. The Morgan fingerprint density at radius 2 is 1.94 bits per heavy atom. The fourth-order valence-corrected chi connectivity index (χ4v) is 1.90. The molecule has 0 fully saturated rings. The largest absolute Gasteiger partial charge is 0.379 e. The molecule has 0 radical (unpaired) electrons. The maximum Gasteiger partial charge on any atom is 0.0638 e. The van der Waals surface area contributed by atoms with Crippen LogP contribution < -0.4 is 11.3 Å². The second kappa shape index (κ2) is 6.36. The third-order valence-electron chi connectivity index (χ3n) is 2.92. The molecule has 0 aliphatic rings. The predicted molar refractivity (Wildman–Crippen MR) is 72.0 cm³/mol. The summed E-state index contributed by atoms with van der Waals surface area (Å²) in [6, 6.07) is 8.02. The van der Waals surface area contributed by atoms with Gasteiger partial charge in [-0.05, 0) is 44.4 Å². The standard InChI is InChI=1S/C13H21ClN2O/c1-13(2,17-3)9-12(16-15)8-10-4-6-11(14)7-5-10/h4-7,12,16H,8-9,15H2,1-3H3. The molecular formula is C13H21ClN2O. The van der Waals surface area contributed by atoms with Gasteiger partial charge in [0.1, 0.15) is 0 Å². The first-order chi connectivity index (χ1) is 7.96. The summed E-state index contributed by atoms with van der Waals surface area (Å²) in [5, 5.41) is 0.753. The number of halogens is 1. The summed E-state index contributed by atoms with van der Waals surface area (Å²) in [6.45, 7) is 4.11. The van der Waals surface area contributed by atoms with Gasteiger partial charge >= 0.3 is 0 Å². The summed E-state index contributed by atoms with van der Waals surface area (Å²) in [4.78, 5) is 0.